The van der Waals surface area contributed by atoms with Crippen molar-refractivity contribution >= 4 is 0 Å². The lowest BCUT2D eigenvalue weighted by atomic mass is 9.76. The fourth-order valence-corrected chi connectivity index (χ4v) is 2.71. The minimum absolute atomic E-state index is 0.222. The molecule has 0 rings (SSSR count). The van der Waals surface area contributed by atoms with Gasteiger partial charge in [-0.15, -0.1) is 6.58 Å². The molecule has 0 amide bonds. The van der Waals surface area contributed by atoms with Crippen molar-refractivity contribution in [2.45, 2.75) is 86.2 Å². The van der Waals surface area contributed by atoms with Gasteiger partial charge in [0.25, 0.3) is 0 Å². The van der Waals surface area contributed by atoms with Crippen LogP contribution in [0.5, 0.6) is 0 Å². The average molecular weight is 268 g/mol. The zero-order chi connectivity index (χ0) is 15.5. The Balaban J connectivity index is 5.02. The molecule has 0 aromatic rings. The fraction of sp³-hybridized carbons (Fsp3) is 0.889. The summed E-state index contributed by atoms with van der Waals surface area (Å²) in [5, 5.41) is 0. The summed E-state index contributed by atoms with van der Waals surface area (Å²) in [4.78, 5) is 2.56. The monoisotopic (exact) mass is 267 g/mol. The van der Waals surface area contributed by atoms with Crippen LogP contribution in [-0.2, 0) is 0 Å². The number of hydrogen-bond donors (Lipinski definition) is 0. The topological polar surface area (TPSA) is 3.24 Å². The van der Waals surface area contributed by atoms with E-state index in [4.69, 9.17) is 0 Å². The summed E-state index contributed by atoms with van der Waals surface area (Å²) in [6, 6.07) is 0.620. The number of allylic oxidation sites excluding steroid dienone is 1. The maximum absolute atomic E-state index is 3.91. The molecule has 0 heterocycles. The first-order valence-electron chi connectivity index (χ1n) is 7.62. The molecule has 0 aliphatic carbocycles. The average Bonchev–Trinajstić information content (AvgIpc) is 2.10. The normalized spacial score (nSPS) is 15.7. The summed E-state index contributed by atoms with van der Waals surface area (Å²) in [7, 11) is 2.28. The van der Waals surface area contributed by atoms with Crippen molar-refractivity contribution in [3.05, 3.63) is 12.7 Å². The first kappa shape index (κ1) is 18.7. The summed E-state index contributed by atoms with van der Waals surface area (Å²) in [5.41, 5.74) is 0.922. The van der Waals surface area contributed by atoms with Crippen LogP contribution in [-0.4, -0.2) is 23.5 Å². The molecule has 0 bridgehead atoms. The van der Waals surface area contributed by atoms with Crippen LogP contribution in [0.3, 0.4) is 0 Å². The Morgan fingerprint density at radius 2 is 1.42 bits per heavy atom. The zero-order valence-electron chi connectivity index (χ0n) is 14.9. The lowest BCUT2D eigenvalue weighted by Gasteiger charge is -2.44. The molecular weight excluding hydrogens is 230 g/mol. The highest BCUT2D eigenvalue weighted by atomic mass is 15.2. The van der Waals surface area contributed by atoms with Gasteiger partial charge in [-0.3, -0.25) is 4.90 Å². The Labute approximate surface area is 122 Å². The second kappa shape index (κ2) is 6.43. The van der Waals surface area contributed by atoms with Crippen molar-refractivity contribution in [3.63, 3.8) is 0 Å². The Hall–Kier alpha value is -0.300. The van der Waals surface area contributed by atoms with E-state index < -0.39 is 0 Å². The number of nitrogens with zero attached hydrogens (tertiary/aromatic N) is 1. The molecule has 19 heavy (non-hydrogen) atoms. The molecule has 0 radical (unpaired) electrons. The van der Waals surface area contributed by atoms with Crippen LogP contribution in [0.1, 0.15) is 74.7 Å². The van der Waals surface area contributed by atoms with Crippen molar-refractivity contribution in [1.82, 2.24) is 4.90 Å². The molecule has 0 spiro atoms. The van der Waals surface area contributed by atoms with Crippen LogP contribution < -0.4 is 0 Å². The molecule has 0 fully saturated rings. The fourth-order valence-electron chi connectivity index (χ4n) is 2.71. The third-order valence-electron chi connectivity index (χ3n) is 3.94. The molecule has 1 atom stereocenters. The summed E-state index contributed by atoms with van der Waals surface area (Å²) >= 11 is 0. The Morgan fingerprint density at radius 1 is 0.947 bits per heavy atom. The first-order chi connectivity index (χ1) is 8.28. The molecule has 0 aliphatic heterocycles. The van der Waals surface area contributed by atoms with Gasteiger partial charge in [0.05, 0.1) is 0 Å². The Bertz CT molecular complexity index is 275. The smallest absolute Gasteiger partial charge is 0.0124 e. The van der Waals surface area contributed by atoms with E-state index in [1.807, 2.05) is 0 Å². The molecule has 0 N–H and O–H groups in total. The zero-order valence-corrected chi connectivity index (χ0v) is 14.9. The summed E-state index contributed by atoms with van der Waals surface area (Å²) in [6.45, 7) is 22.6. The quantitative estimate of drug-likeness (QED) is 0.573. The standard InChI is InChI=1S/C18H37N/c1-11-12-18(8,9)14-15(13-16(2,3)4)19(10)17(5,6)7/h11,15H,1,12-14H2,2-10H3. The SMILES string of the molecule is C=CCC(C)(C)CC(CC(C)(C)C)N(C)C(C)(C)C. The van der Waals surface area contributed by atoms with Crippen LogP contribution in [0.2, 0.25) is 0 Å². The van der Waals surface area contributed by atoms with Gasteiger partial charge in [0.15, 0.2) is 0 Å². The highest BCUT2D eigenvalue weighted by molar-refractivity contribution is 4.89. The Morgan fingerprint density at radius 3 is 1.74 bits per heavy atom. The molecular formula is C18H37N. The van der Waals surface area contributed by atoms with Gasteiger partial charge >= 0.3 is 0 Å². The molecule has 1 nitrogen and oxygen atoms in total. The van der Waals surface area contributed by atoms with Crippen LogP contribution in [0.4, 0.5) is 0 Å². The van der Waals surface area contributed by atoms with Crippen molar-refractivity contribution in [2.24, 2.45) is 10.8 Å². The highest BCUT2D eigenvalue weighted by Gasteiger charge is 2.32. The van der Waals surface area contributed by atoms with E-state index in [9.17, 15) is 0 Å². The molecule has 0 aromatic carbocycles. The van der Waals surface area contributed by atoms with E-state index >= 15 is 0 Å². The van der Waals surface area contributed by atoms with Gasteiger partial charge in [-0.2, -0.15) is 0 Å². The van der Waals surface area contributed by atoms with Crippen LogP contribution >= 0.6 is 0 Å². The van der Waals surface area contributed by atoms with Gasteiger partial charge < -0.3 is 0 Å². The van der Waals surface area contributed by atoms with Crippen molar-refractivity contribution < 1.29 is 0 Å². The van der Waals surface area contributed by atoms with Gasteiger partial charge in [-0.25, -0.2) is 0 Å². The molecule has 114 valence electrons. The molecule has 0 saturated carbocycles. The molecule has 1 unspecified atom stereocenters. The van der Waals surface area contributed by atoms with Gasteiger partial charge in [-0.1, -0.05) is 40.7 Å². The predicted molar refractivity (Wildman–Crippen MR) is 88.6 cm³/mol. The molecule has 0 aliphatic rings. The largest absolute Gasteiger partial charge is 0.299 e. The number of hydrogen-bond acceptors (Lipinski definition) is 1. The lowest BCUT2D eigenvalue weighted by molar-refractivity contribution is 0.0583. The van der Waals surface area contributed by atoms with Gasteiger partial charge in [0.2, 0.25) is 0 Å². The van der Waals surface area contributed by atoms with E-state index in [1.165, 1.54) is 12.8 Å². The van der Waals surface area contributed by atoms with E-state index in [0.717, 1.165) is 6.42 Å². The second-order valence-electron chi connectivity index (χ2n) is 9.06. The Kier molecular flexibility index (Phi) is 6.33. The van der Waals surface area contributed by atoms with Crippen LogP contribution in [0.15, 0.2) is 12.7 Å². The van der Waals surface area contributed by atoms with E-state index in [2.05, 4.69) is 80.0 Å². The maximum atomic E-state index is 3.91. The summed E-state index contributed by atoms with van der Waals surface area (Å²) < 4.78 is 0. The van der Waals surface area contributed by atoms with Gasteiger partial charge in [0, 0.05) is 11.6 Å². The van der Waals surface area contributed by atoms with Crippen LogP contribution in [0.25, 0.3) is 0 Å². The van der Waals surface area contributed by atoms with Crippen molar-refractivity contribution in [1.29, 1.82) is 0 Å². The highest BCUT2D eigenvalue weighted by Crippen LogP contribution is 2.35. The molecule has 1 heteroatoms. The van der Waals surface area contributed by atoms with Gasteiger partial charge in [-0.05, 0) is 57.9 Å². The summed E-state index contributed by atoms with van der Waals surface area (Å²) in [6.07, 6.45) is 5.61. The van der Waals surface area contributed by atoms with Crippen LogP contribution in [0, 0.1) is 10.8 Å². The lowest BCUT2D eigenvalue weighted by Crippen LogP contribution is -2.48. The molecule has 0 aromatic heterocycles. The predicted octanol–water partition coefficient (Wildman–Crippen LogP) is 5.51. The van der Waals surface area contributed by atoms with Gasteiger partial charge in [0.1, 0.15) is 0 Å². The van der Waals surface area contributed by atoms with Crippen molar-refractivity contribution in [3.8, 4) is 0 Å². The van der Waals surface area contributed by atoms with E-state index in [-0.39, 0.29) is 5.54 Å². The second-order valence-corrected chi connectivity index (χ2v) is 9.06. The van der Waals surface area contributed by atoms with E-state index in [0.29, 0.717) is 16.9 Å². The molecule has 0 saturated heterocycles. The third kappa shape index (κ3) is 7.77. The number of rotatable bonds is 6. The van der Waals surface area contributed by atoms with E-state index in [1.54, 1.807) is 0 Å². The minimum atomic E-state index is 0.222. The van der Waals surface area contributed by atoms with Crippen molar-refractivity contribution in [2.75, 3.05) is 7.05 Å². The summed E-state index contributed by atoms with van der Waals surface area (Å²) in [5.74, 6) is 0. The third-order valence-corrected chi connectivity index (χ3v) is 3.94. The minimum Gasteiger partial charge on any atom is -0.299 e. The maximum Gasteiger partial charge on any atom is 0.0124 e. The first-order valence-corrected chi connectivity index (χ1v) is 7.62.